The van der Waals surface area contributed by atoms with Crippen molar-refractivity contribution in [3.8, 4) is 5.82 Å². The van der Waals surface area contributed by atoms with E-state index in [1.807, 2.05) is 26.0 Å². The van der Waals surface area contributed by atoms with Gasteiger partial charge in [-0.15, -0.1) is 0 Å². The van der Waals surface area contributed by atoms with Crippen molar-refractivity contribution in [1.82, 2.24) is 14.8 Å². The summed E-state index contributed by atoms with van der Waals surface area (Å²) in [4.78, 5) is 28.7. The van der Waals surface area contributed by atoms with Gasteiger partial charge in [-0.1, -0.05) is 23.7 Å². The third-order valence-electron chi connectivity index (χ3n) is 3.73. The third-order valence-corrected chi connectivity index (χ3v) is 4.73. The molecule has 28 heavy (non-hydrogen) atoms. The van der Waals surface area contributed by atoms with Crippen molar-refractivity contribution >= 4 is 45.1 Å². The highest BCUT2D eigenvalue weighted by Crippen LogP contribution is 2.21. The van der Waals surface area contributed by atoms with Gasteiger partial charge in [-0.3, -0.25) is 4.79 Å². The maximum atomic E-state index is 12.4. The van der Waals surface area contributed by atoms with Crippen LogP contribution in [0.15, 0.2) is 46.9 Å². The zero-order chi connectivity index (χ0) is 20.3. The van der Waals surface area contributed by atoms with Gasteiger partial charge in [0.05, 0.1) is 16.4 Å². The third kappa shape index (κ3) is 4.58. The summed E-state index contributed by atoms with van der Waals surface area (Å²) in [5.41, 5.74) is 2.17. The van der Waals surface area contributed by atoms with Gasteiger partial charge in [0.2, 0.25) is 0 Å². The van der Waals surface area contributed by atoms with Crippen LogP contribution in [0.25, 0.3) is 5.82 Å². The maximum Gasteiger partial charge on any atom is 0.359 e. The summed E-state index contributed by atoms with van der Waals surface area (Å²) in [6.07, 6.45) is 0. The van der Waals surface area contributed by atoms with Crippen LogP contribution in [-0.4, -0.2) is 33.2 Å². The van der Waals surface area contributed by atoms with Gasteiger partial charge in [0.15, 0.2) is 18.1 Å². The van der Waals surface area contributed by atoms with Gasteiger partial charge in [-0.25, -0.2) is 14.5 Å². The minimum absolute atomic E-state index is 0.0830. The van der Waals surface area contributed by atoms with Crippen molar-refractivity contribution in [2.24, 2.45) is 0 Å². The van der Waals surface area contributed by atoms with Crippen molar-refractivity contribution in [1.29, 1.82) is 0 Å². The number of nitrogens with zero attached hydrogens (tertiary/aromatic N) is 3. The Labute approximate surface area is 174 Å². The van der Waals surface area contributed by atoms with Gasteiger partial charge in [-0.2, -0.15) is 5.10 Å². The number of aromatic nitrogens is 3. The highest BCUT2D eigenvalue weighted by atomic mass is 79.9. The Kier molecular flexibility index (Phi) is 6.11. The molecular weight excluding hydrogens is 448 g/mol. The molecule has 0 unspecified atom stereocenters. The molecule has 1 N–H and O–H groups in total. The molecule has 3 rings (SSSR count). The Morgan fingerprint density at radius 3 is 2.64 bits per heavy atom. The number of benzene rings is 1. The first-order chi connectivity index (χ1) is 13.3. The average molecular weight is 464 g/mol. The van der Waals surface area contributed by atoms with Crippen LogP contribution in [-0.2, 0) is 9.53 Å². The van der Waals surface area contributed by atoms with Gasteiger partial charge in [0.1, 0.15) is 0 Å². The van der Waals surface area contributed by atoms with Crippen LogP contribution in [0.1, 0.15) is 21.9 Å². The van der Waals surface area contributed by atoms with Crippen molar-refractivity contribution in [2.45, 2.75) is 13.8 Å². The van der Waals surface area contributed by atoms with Crippen LogP contribution in [0.5, 0.6) is 0 Å². The molecule has 1 aromatic carbocycles. The monoisotopic (exact) mass is 462 g/mol. The molecule has 3 aromatic rings. The molecular formula is C19H16BrClN4O3. The van der Waals surface area contributed by atoms with Crippen molar-refractivity contribution in [2.75, 3.05) is 11.9 Å². The zero-order valence-electron chi connectivity index (χ0n) is 15.1. The molecule has 0 radical (unpaired) electrons. The van der Waals surface area contributed by atoms with Crippen LogP contribution in [0.3, 0.4) is 0 Å². The number of hydrogen-bond acceptors (Lipinski definition) is 5. The lowest BCUT2D eigenvalue weighted by molar-refractivity contribution is -0.119. The lowest BCUT2D eigenvalue weighted by atomic mass is 10.3. The van der Waals surface area contributed by atoms with Gasteiger partial charge in [-0.05, 0) is 60.1 Å². The molecule has 7 nitrogen and oxygen atoms in total. The Morgan fingerprint density at radius 2 is 1.96 bits per heavy atom. The predicted octanol–water partition coefficient (Wildman–Crippen LogP) is 4.10. The number of rotatable bonds is 5. The fourth-order valence-electron chi connectivity index (χ4n) is 2.50. The number of carbonyl (C=O) groups excluding carboxylic acids is 2. The Hall–Kier alpha value is -2.71. The van der Waals surface area contributed by atoms with E-state index in [1.165, 1.54) is 6.07 Å². The first-order valence-corrected chi connectivity index (χ1v) is 9.44. The number of ether oxygens (including phenoxy) is 1. The minimum Gasteiger partial charge on any atom is -0.451 e. The molecule has 0 spiro atoms. The number of para-hydroxylation sites is 1. The van der Waals surface area contributed by atoms with Gasteiger partial charge in [0.25, 0.3) is 5.91 Å². The van der Waals surface area contributed by atoms with Crippen molar-refractivity contribution in [3.63, 3.8) is 0 Å². The summed E-state index contributed by atoms with van der Waals surface area (Å²) in [5, 5.41) is 7.11. The molecule has 0 fully saturated rings. The molecule has 9 heteroatoms. The van der Waals surface area contributed by atoms with E-state index < -0.39 is 18.5 Å². The van der Waals surface area contributed by atoms with Crippen LogP contribution in [0.2, 0.25) is 5.02 Å². The number of aryl methyl sites for hydroxylation is 2. The predicted molar refractivity (Wildman–Crippen MR) is 109 cm³/mol. The van der Waals surface area contributed by atoms with E-state index in [0.29, 0.717) is 11.5 Å². The molecule has 0 saturated carbocycles. The number of hydrogen-bond donors (Lipinski definition) is 1. The standard InChI is InChI=1S/C19H16BrClN4O3/c1-11-9-12(2)25(24-11)16-8-7-14(21)18(23-16)19(27)28-10-17(26)22-15-6-4-3-5-13(15)20/h3-9H,10H2,1-2H3,(H,22,26). The van der Waals surface area contributed by atoms with E-state index in [2.05, 4.69) is 31.3 Å². The molecule has 0 atom stereocenters. The number of carbonyl (C=O) groups is 2. The van der Waals surface area contributed by atoms with Crippen molar-refractivity contribution in [3.05, 3.63) is 69.0 Å². The second-order valence-corrected chi connectivity index (χ2v) is 7.20. The average Bonchev–Trinajstić information content (AvgIpc) is 3.00. The largest absolute Gasteiger partial charge is 0.451 e. The molecule has 1 amide bonds. The quantitative estimate of drug-likeness (QED) is 0.576. The zero-order valence-corrected chi connectivity index (χ0v) is 17.4. The highest BCUT2D eigenvalue weighted by Gasteiger charge is 2.18. The normalized spacial score (nSPS) is 10.6. The second kappa shape index (κ2) is 8.53. The van der Waals surface area contributed by atoms with Crippen LogP contribution in [0.4, 0.5) is 5.69 Å². The maximum absolute atomic E-state index is 12.4. The van der Waals surface area contributed by atoms with E-state index in [4.69, 9.17) is 16.3 Å². The Balaban J connectivity index is 1.70. The molecule has 144 valence electrons. The van der Waals surface area contributed by atoms with E-state index in [0.717, 1.165) is 15.9 Å². The van der Waals surface area contributed by atoms with Crippen LogP contribution >= 0.6 is 27.5 Å². The van der Waals surface area contributed by atoms with Crippen molar-refractivity contribution < 1.29 is 14.3 Å². The lowest BCUT2D eigenvalue weighted by Gasteiger charge is -2.10. The summed E-state index contributed by atoms with van der Waals surface area (Å²) in [6.45, 7) is 3.26. The van der Waals surface area contributed by atoms with E-state index in [-0.39, 0.29) is 10.7 Å². The number of pyridine rings is 1. The fraction of sp³-hybridized carbons (Fsp3) is 0.158. The Bertz CT molecular complexity index is 1050. The van der Waals surface area contributed by atoms with Gasteiger partial charge >= 0.3 is 5.97 Å². The second-order valence-electron chi connectivity index (χ2n) is 5.94. The molecule has 0 bridgehead atoms. The SMILES string of the molecule is Cc1cc(C)n(-c2ccc(Cl)c(C(=O)OCC(=O)Nc3ccccc3Br)n2)n1. The fourth-order valence-corrected chi connectivity index (χ4v) is 3.07. The summed E-state index contributed by atoms with van der Waals surface area (Å²) in [7, 11) is 0. The van der Waals surface area contributed by atoms with E-state index in [9.17, 15) is 9.59 Å². The van der Waals surface area contributed by atoms with E-state index >= 15 is 0 Å². The first kappa shape index (κ1) is 20.0. The number of halogens is 2. The van der Waals surface area contributed by atoms with Crippen LogP contribution < -0.4 is 5.32 Å². The topological polar surface area (TPSA) is 86.1 Å². The number of anilines is 1. The van der Waals surface area contributed by atoms with Crippen LogP contribution in [0, 0.1) is 13.8 Å². The number of amides is 1. The van der Waals surface area contributed by atoms with Gasteiger partial charge < -0.3 is 10.1 Å². The first-order valence-electron chi connectivity index (χ1n) is 8.27. The van der Waals surface area contributed by atoms with E-state index in [1.54, 1.807) is 28.9 Å². The molecule has 0 aliphatic heterocycles. The Morgan fingerprint density at radius 1 is 1.21 bits per heavy atom. The van der Waals surface area contributed by atoms with Gasteiger partial charge in [0, 0.05) is 10.2 Å². The summed E-state index contributed by atoms with van der Waals surface area (Å²) < 4.78 is 7.38. The number of nitrogens with one attached hydrogen (secondary N) is 1. The lowest BCUT2D eigenvalue weighted by Crippen LogP contribution is -2.22. The molecule has 2 aromatic heterocycles. The summed E-state index contributed by atoms with van der Waals surface area (Å²) >= 11 is 9.42. The number of esters is 1. The highest BCUT2D eigenvalue weighted by molar-refractivity contribution is 9.10. The smallest absolute Gasteiger partial charge is 0.359 e. The summed E-state index contributed by atoms with van der Waals surface area (Å²) in [6, 6.07) is 12.2. The minimum atomic E-state index is -0.796. The molecule has 2 heterocycles. The molecule has 0 aliphatic carbocycles. The molecule has 0 saturated heterocycles. The summed E-state index contributed by atoms with van der Waals surface area (Å²) in [5.74, 6) is -0.846. The molecule has 0 aliphatic rings.